The van der Waals surface area contributed by atoms with Crippen LogP contribution < -0.4 is 16.2 Å². The average molecular weight is 453 g/mol. The van der Waals surface area contributed by atoms with Crippen LogP contribution in [0.2, 0.25) is 0 Å². The monoisotopic (exact) mass is 453 g/mol. The van der Waals surface area contributed by atoms with Crippen LogP contribution in [0.1, 0.15) is 36.0 Å². The summed E-state index contributed by atoms with van der Waals surface area (Å²) in [4.78, 5) is 33.8. The van der Waals surface area contributed by atoms with Crippen LogP contribution in [0.25, 0.3) is 5.65 Å². The minimum atomic E-state index is -1.15. The number of amides is 1. The Balaban J connectivity index is 1.45. The van der Waals surface area contributed by atoms with Gasteiger partial charge in [0.05, 0.1) is 24.6 Å². The molecular formula is C22H24FN7O3. The van der Waals surface area contributed by atoms with E-state index < -0.39 is 12.1 Å². The molecule has 3 aromatic heterocycles. The Kier molecular flexibility index (Phi) is 5.63. The minimum absolute atomic E-state index is 0.0226. The molecule has 1 aliphatic carbocycles. The quantitative estimate of drug-likeness (QED) is 0.589. The summed E-state index contributed by atoms with van der Waals surface area (Å²) in [7, 11) is 1.71. The second-order valence-electron chi connectivity index (χ2n) is 8.14. The third-order valence-corrected chi connectivity index (χ3v) is 5.75. The Morgan fingerprint density at radius 1 is 1.39 bits per heavy atom. The third-order valence-electron chi connectivity index (χ3n) is 5.75. The molecule has 4 heterocycles. The fourth-order valence-corrected chi connectivity index (χ4v) is 3.87. The third kappa shape index (κ3) is 4.36. The largest absolute Gasteiger partial charge is 0.376 e. The maximum atomic E-state index is 13.2. The van der Waals surface area contributed by atoms with Gasteiger partial charge in [0.25, 0.3) is 11.5 Å². The van der Waals surface area contributed by atoms with Crippen LogP contribution in [0.4, 0.5) is 21.7 Å². The van der Waals surface area contributed by atoms with E-state index in [0.29, 0.717) is 23.9 Å². The Morgan fingerprint density at radius 2 is 2.24 bits per heavy atom. The lowest BCUT2D eigenvalue weighted by Gasteiger charge is -2.23. The van der Waals surface area contributed by atoms with E-state index in [1.54, 1.807) is 36.0 Å². The van der Waals surface area contributed by atoms with Gasteiger partial charge in [-0.3, -0.25) is 9.59 Å². The molecule has 11 heteroatoms. The average Bonchev–Trinajstić information content (AvgIpc) is 3.33. The van der Waals surface area contributed by atoms with E-state index in [1.807, 2.05) is 0 Å². The fraction of sp³-hybridized carbons (Fsp3) is 0.409. The molecule has 0 radical (unpaired) electrons. The second kappa shape index (κ2) is 8.74. The zero-order valence-electron chi connectivity index (χ0n) is 18.1. The van der Waals surface area contributed by atoms with Crippen LogP contribution in [0, 0.1) is 0 Å². The number of carbonyl (C=O) groups excluding carboxylic acids is 1. The van der Waals surface area contributed by atoms with Gasteiger partial charge in [-0.05, 0) is 31.4 Å². The van der Waals surface area contributed by atoms with Crippen LogP contribution in [0.5, 0.6) is 0 Å². The molecule has 0 unspecified atom stereocenters. The lowest BCUT2D eigenvalue weighted by molar-refractivity contribution is 0.00546. The van der Waals surface area contributed by atoms with Crippen molar-refractivity contribution in [1.82, 2.24) is 19.2 Å². The Bertz CT molecular complexity index is 1290. The van der Waals surface area contributed by atoms with Crippen molar-refractivity contribution in [2.24, 2.45) is 4.99 Å². The van der Waals surface area contributed by atoms with Crippen molar-refractivity contribution in [2.45, 2.75) is 44.5 Å². The van der Waals surface area contributed by atoms with Gasteiger partial charge in [-0.2, -0.15) is 9.61 Å². The Morgan fingerprint density at radius 3 is 2.97 bits per heavy atom. The summed E-state index contributed by atoms with van der Waals surface area (Å²) in [6, 6.07) is 5.14. The highest BCUT2D eigenvalue weighted by Crippen LogP contribution is 2.24. The van der Waals surface area contributed by atoms with E-state index in [1.165, 1.54) is 10.7 Å². The van der Waals surface area contributed by atoms with E-state index in [-0.39, 0.29) is 35.0 Å². The van der Waals surface area contributed by atoms with E-state index in [2.05, 4.69) is 25.7 Å². The van der Waals surface area contributed by atoms with Crippen LogP contribution in [-0.2, 0) is 11.3 Å². The topological polar surface area (TPSA) is 115 Å². The molecule has 1 amide bonds. The van der Waals surface area contributed by atoms with Crippen molar-refractivity contribution < 1.29 is 13.9 Å². The van der Waals surface area contributed by atoms with Crippen LogP contribution in [0.15, 0.2) is 40.4 Å². The Hall–Kier alpha value is -3.60. The number of nitrogens with one attached hydrogen (secondary N) is 2. The maximum absolute atomic E-state index is 13.2. The summed E-state index contributed by atoms with van der Waals surface area (Å²) in [5, 5.41) is 10.3. The van der Waals surface area contributed by atoms with Gasteiger partial charge < -0.3 is 19.9 Å². The van der Waals surface area contributed by atoms with Gasteiger partial charge in [0.1, 0.15) is 29.1 Å². The van der Waals surface area contributed by atoms with Crippen molar-refractivity contribution in [3.05, 3.63) is 46.5 Å². The number of anilines is 3. The predicted octanol–water partition coefficient (Wildman–Crippen LogP) is 2.57. The minimum Gasteiger partial charge on any atom is -0.376 e. The van der Waals surface area contributed by atoms with Gasteiger partial charge in [0.15, 0.2) is 5.65 Å². The number of hydrogen-bond donors (Lipinski definition) is 2. The molecule has 3 aromatic rings. The number of halogens is 1. The molecule has 1 saturated carbocycles. The number of nitrogens with zero attached hydrogens (tertiary/aromatic N) is 5. The highest BCUT2D eigenvalue weighted by Gasteiger charge is 2.33. The molecule has 2 atom stereocenters. The zero-order valence-corrected chi connectivity index (χ0v) is 18.1. The van der Waals surface area contributed by atoms with E-state index in [9.17, 15) is 14.0 Å². The highest BCUT2D eigenvalue weighted by molar-refractivity contribution is 6.14. The normalized spacial score (nSPS) is 21.3. The van der Waals surface area contributed by atoms with Gasteiger partial charge in [-0.15, -0.1) is 0 Å². The number of carbonyl (C=O) groups is 1. The van der Waals surface area contributed by atoms with Gasteiger partial charge >= 0.3 is 0 Å². The van der Waals surface area contributed by atoms with Crippen molar-refractivity contribution >= 4 is 34.6 Å². The molecule has 0 bridgehead atoms. The van der Waals surface area contributed by atoms with Crippen molar-refractivity contribution in [3.8, 4) is 0 Å². The molecule has 1 aliphatic heterocycles. The van der Waals surface area contributed by atoms with E-state index >= 15 is 0 Å². The number of pyridine rings is 1. The first-order valence-corrected chi connectivity index (χ1v) is 10.9. The van der Waals surface area contributed by atoms with Crippen molar-refractivity contribution in [3.63, 3.8) is 0 Å². The maximum Gasteiger partial charge on any atom is 0.282 e. The van der Waals surface area contributed by atoms with E-state index in [4.69, 9.17) is 4.74 Å². The number of aromatic nitrogens is 4. The first-order chi connectivity index (χ1) is 16.0. The smallest absolute Gasteiger partial charge is 0.282 e. The molecule has 2 aliphatic rings. The summed E-state index contributed by atoms with van der Waals surface area (Å²) in [5.74, 6) is 0.310. The summed E-state index contributed by atoms with van der Waals surface area (Å²) >= 11 is 0. The predicted molar refractivity (Wildman–Crippen MR) is 121 cm³/mol. The number of ether oxygens (including phenoxy) is 1. The number of aliphatic imine (C=N–C) groups is 1. The Labute approximate surface area is 188 Å². The van der Waals surface area contributed by atoms with E-state index in [0.717, 1.165) is 25.9 Å². The van der Waals surface area contributed by atoms with Crippen molar-refractivity contribution in [2.75, 3.05) is 24.3 Å². The standard InChI is InChI=1S/C22H24FN7O3/c1-24-19-10-18(28-20-14(11-25-30(19)20)21(31)27-17-9-15(17)23)26-16-6-4-7-29(22(16)32)12-13-5-2-3-8-33-13/h4,6-7,10-11,13,15,24H,2-3,5,8-9,12H2,1H3,(H,26,28)/t13-,15-/m0/s1. The summed E-state index contributed by atoms with van der Waals surface area (Å²) in [6.45, 7) is 1.21. The molecule has 2 N–H and O–H groups in total. The van der Waals surface area contributed by atoms with Crippen molar-refractivity contribution in [1.29, 1.82) is 0 Å². The number of fused-ring (bicyclic) bond motifs is 1. The molecule has 10 nitrogen and oxygen atoms in total. The lowest BCUT2D eigenvalue weighted by atomic mass is 10.1. The number of alkyl halides is 1. The van der Waals surface area contributed by atoms with Gasteiger partial charge in [0.2, 0.25) is 0 Å². The number of hydrogen-bond acceptors (Lipinski definition) is 7. The molecule has 5 rings (SSSR count). The number of rotatable bonds is 6. The lowest BCUT2D eigenvalue weighted by Crippen LogP contribution is -2.31. The zero-order chi connectivity index (χ0) is 22.9. The molecule has 1 saturated heterocycles. The van der Waals surface area contributed by atoms with Crippen LogP contribution >= 0.6 is 0 Å². The molecule has 172 valence electrons. The molecule has 0 aromatic carbocycles. The fourth-order valence-electron chi connectivity index (χ4n) is 3.87. The SMILES string of the molecule is CNc1cc(Nc2cccn(C[C@@H]3CCCCO3)c2=O)nc2c(C(=O)N=C3C[C@@H]3F)cnn12. The van der Waals surface area contributed by atoms with Gasteiger partial charge in [-0.1, -0.05) is 0 Å². The second-order valence-corrected chi connectivity index (χ2v) is 8.14. The van der Waals surface area contributed by atoms with Gasteiger partial charge in [-0.25, -0.2) is 14.4 Å². The van der Waals surface area contributed by atoms with Crippen LogP contribution in [0.3, 0.4) is 0 Å². The summed E-state index contributed by atoms with van der Waals surface area (Å²) < 4.78 is 22.0. The molecular weight excluding hydrogens is 429 g/mol. The van der Waals surface area contributed by atoms with Crippen LogP contribution in [-0.4, -0.2) is 56.7 Å². The molecule has 33 heavy (non-hydrogen) atoms. The first kappa shape index (κ1) is 21.3. The summed E-state index contributed by atoms with van der Waals surface area (Å²) in [6.07, 6.45) is 5.23. The molecule has 0 spiro atoms. The first-order valence-electron chi connectivity index (χ1n) is 10.9. The molecule has 2 fully saturated rings. The highest BCUT2D eigenvalue weighted by atomic mass is 19.1. The van der Waals surface area contributed by atoms with Gasteiger partial charge in [0, 0.05) is 32.3 Å². The summed E-state index contributed by atoms with van der Waals surface area (Å²) in [5.41, 5.74) is 0.786.